The van der Waals surface area contributed by atoms with Gasteiger partial charge in [-0.25, -0.2) is 13.1 Å². The minimum atomic E-state index is -3.62. The molecule has 3 rings (SSSR count). The molecule has 7 heteroatoms. The molecule has 28 heavy (non-hydrogen) atoms. The Morgan fingerprint density at radius 1 is 0.857 bits per heavy atom. The van der Waals surface area contributed by atoms with Gasteiger partial charge in [-0.2, -0.15) is 0 Å². The van der Waals surface area contributed by atoms with Gasteiger partial charge in [0.15, 0.2) is 0 Å². The molecular weight excluding hydrogens is 374 g/mol. The van der Waals surface area contributed by atoms with Crippen LogP contribution in [0.25, 0.3) is 0 Å². The minimum Gasteiger partial charge on any atom is -0.299 e. The van der Waals surface area contributed by atoms with E-state index in [2.05, 4.69) is 14.7 Å². The van der Waals surface area contributed by atoms with Crippen LogP contribution < -0.4 is 4.72 Å². The van der Waals surface area contributed by atoms with Crippen molar-refractivity contribution in [2.45, 2.75) is 30.7 Å². The zero-order valence-electron chi connectivity index (χ0n) is 15.3. The van der Waals surface area contributed by atoms with Crippen molar-refractivity contribution >= 4 is 15.8 Å². The summed E-state index contributed by atoms with van der Waals surface area (Å²) in [6.07, 6.45) is 8.06. The Labute approximate surface area is 164 Å². The van der Waals surface area contributed by atoms with Crippen molar-refractivity contribution in [2.24, 2.45) is 0 Å². The van der Waals surface area contributed by atoms with E-state index in [0.29, 0.717) is 12.8 Å². The van der Waals surface area contributed by atoms with Gasteiger partial charge in [0.05, 0.1) is 4.90 Å². The quantitative estimate of drug-likeness (QED) is 0.602. The molecule has 0 radical (unpaired) electrons. The number of carbonyl (C=O) groups is 1. The predicted molar refractivity (Wildman–Crippen MR) is 106 cm³/mol. The summed E-state index contributed by atoms with van der Waals surface area (Å²) in [6.45, 7) is 0.171. The first-order valence-electron chi connectivity index (χ1n) is 8.91. The average molecular weight is 395 g/mol. The van der Waals surface area contributed by atoms with Crippen LogP contribution in [0.2, 0.25) is 0 Å². The van der Waals surface area contributed by atoms with E-state index in [4.69, 9.17) is 0 Å². The van der Waals surface area contributed by atoms with Crippen molar-refractivity contribution in [2.75, 3.05) is 0 Å². The molecule has 2 heterocycles. The lowest BCUT2D eigenvalue weighted by Crippen LogP contribution is -2.23. The number of aromatic nitrogens is 2. The lowest BCUT2D eigenvalue weighted by atomic mass is 10.0. The van der Waals surface area contributed by atoms with Crippen molar-refractivity contribution in [3.05, 3.63) is 90.0 Å². The summed E-state index contributed by atoms with van der Waals surface area (Å²) in [5, 5.41) is 0. The summed E-state index contributed by atoms with van der Waals surface area (Å²) in [5.74, 6) is 0.106. The average Bonchev–Trinajstić information content (AvgIpc) is 2.73. The Balaban J connectivity index is 1.54. The van der Waals surface area contributed by atoms with Crippen LogP contribution in [-0.4, -0.2) is 24.2 Å². The normalized spacial score (nSPS) is 11.3. The van der Waals surface area contributed by atoms with Crippen LogP contribution in [0, 0.1) is 0 Å². The van der Waals surface area contributed by atoms with Crippen LogP contribution in [0.1, 0.15) is 23.1 Å². The molecule has 0 saturated heterocycles. The first kappa shape index (κ1) is 19.9. The molecule has 2 aromatic heterocycles. The Morgan fingerprint density at radius 3 is 2.11 bits per heavy atom. The molecule has 0 aliphatic rings. The molecule has 0 aliphatic heterocycles. The fraction of sp³-hybridized carbons (Fsp3) is 0.190. The highest BCUT2D eigenvalue weighted by Crippen LogP contribution is 2.13. The summed E-state index contributed by atoms with van der Waals surface area (Å²) in [6, 6.07) is 13.8. The number of benzene rings is 1. The third-order valence-corrected chi connectivity index (χ3v) is 5.66. The molecule has 0 aliphatic carbocycles. The van der Waals surface area contributed by atoms with Crippen molar-refractivity contribution in [1.29, 1.82) is 0 Å². The summed E-state index contributed by atoms with van der Waals surface area (Å²) >= 11 is 0. The van der Waals surface area contributed by atoms with Gasteiger partial charge in [0.25, 0.3) is 0 Å². The maximum atomic E-state index is 12.4. The third-order valence-electron chi connectivity index (χ3n) is 4.24. The number of Topliss-reactive ketones (excluding diaryl/α,β-unsaturated/α-hetero) is 1. The molecule has 0 amide bonds. The Kier molecular flexibility index (Phi) is 6.62. The summed E-state index contributed by atoms with van der Waals surface area (Å²) in [4.78, 5) is 20.3. The van der Waals surface area contributed by atoms with Crippen LogP contribution in [0.15, 0.2) is 78.2 Å². The highest BCUT2D eigenvalue weighted by atomic mass is 32.2. The Hall–Kier alpha value is -2.90. The van der Waals surface area contributed by atoms with Crippen LogP contribution in [0.5, 0.6) is 0 Å². The molecule has 0 bridgehead atoms. The first-order chi connectivity index (χ1) is 13.5. The summed E-state index contributed by atoms with van der Waals surface area (Å²) in [7, 11) is -3.62. The molecule has 0 fully saturated rings. The molecule has 1 aromatic carbocycles. The van der Waals surface area contributed by atoms with Crippen LogP contribution in [0.4, 0.5) is 0 Å². The highest BCUT2D eigenvalue weighted by Gasteiger charge is 2.14. The third kappa shape index (κ3) is 5.80. The van der Waals surface area contributed by atoms with Gasteiger partial charge in [-0.05, 0) is 47.4 Å². The lowest BCUT2D eigenvalue weighted by molar-refractivity contribution is -0.118. The molecule has 0 spiro atoms. The van der Waals surface area contributed by atoms with Gasteiger partial charge in [-0.1, -0.05) is 24.3 Å². The molecule has 0 unspecified atom stereocenters. The lowest BCUT2D eigenvalue weighted by Gasteiger charge is -2.08. The van der Waals surface area contributed by atoms with Crippen LogP contribution in [-0.2, 0) is 34.2 Å². The second-order valence-corrected chi connectivity index (χ2v) is 8.17. The number of nitrogens with zero attached hydrogens (tertiary/aromatic N) is 2. The number of hydrogen-bond donors (Lipinski definition) is 1. The number of sulfonamides is 1. The van der Waals surface area contributed by atoms with Gasteiger partial charge in [-0.15, -0.1) is 0 Å². The number of hydrogen-bond acceptors (Lipinski definition) is 5. The fourth-order valence-electron chi connectivity index (χ4n) is 2.70. The van der Waals surface area contributed by atoms with Crippen molar-refractivity contribution in [1.82, 2.24) is 14.7 Å². The number of aryl methyl sites for hydroxylation is 1. The van der Waals surface area contributed by atoms with Gasteiger partial charge in [0, 0.05) is 44.2 Å². The topological polar surface area (TPSA) is 89.0 Å². The maximum Gasteiger partial charge on any atom is 0.240 e. The van der Waals surface area contributed by atoms with Crippen LogP contribution >= 0.6 is 0 Å². The molecule has 6 nitrogen and oxygen atoms in total. The zero-order valence-corrected chi connectivity index (χ0v) is 16.1. The van der Waals surface area contributed by atoms with Crippen molar-refractivity contribution in [3.63, 3.8) is 0 Å². The number of ketones is 1. The van der Waals surface area contributed by atoms with Crippen molar-refractivity contribution < 1.29 is 13.2 Å². The maximum absolute atomic E-state index is 12.4. The van der Waals surface area contributed by atoms with Crippen LogP contribution in [0.3, 0.4) is 0 Å². The van der Waals surface area contributed by atoms with E-state index in [1.807, 2.05) is 12.1 Å². The second kappa shape index (κ2) is 9.34. The number of pyridine rings is 2. The van der Waals surface area contributed by atoms with E-state index in [1.54, 1.807) is 49.1 Å². The second-order valence-electron chi connectivity index (χ2n) is 6.41. The first-order valence-corrected chi connectivity index (χ1v) is 10.4. The van der Waals surface area contributed by atoms with Gasteiger partial charge in [0.1, 0.15) is 5.78 Å². The summed E-state index contributed by atoms with van der Waals surface area (Å²) in [5.41, 5.74) is 2.60. The standard InChI is InChI=1S/C21H21N3O3S/c25-20(8-5-18-3-1-11-22-14-18)13-17-6-9-21(10-7-17)28(26,27)24-16-19-4-2-12-23-15-19/h1-4,6-7,9-12,14-15,24H,5,8,13,16H2. The zero-order chi connectivity index (χ0) is 19.8. The van der Waals surface area contributed by atoms with Crippen molar-refractivity contribution in [3.8, 4) is 0 Å². The number of rotatable bonds is 9. The van der Waals surface area contributed by atoms with Gasteiger partial charge in [0.2, 0.25) is 10.0 Å². The van der Waals surface area contributed by atoms with Gasteiger partial charge in [-0.3, -0.25) is 14.8 Å². The molecule has 0 atom stereocenters. The van der Waals surface area contributed by atoms with E-state index < -0.39 is 10.0 Å². The SMILES string of the molecule is O=C(CCc1cccnc1)Cc1ccc(S(=O)(=O)NCc2cccnc2)cc1. The Bertz CT molecular complexity index is 1010. The van der Waals surface area contributed by atoms with E-state index >= 15 is 0 Å². The highest BCUT2D eigenvalue weighted by molar-refractivity contribution is 7.89. The van der Waals surface area contributed by atoms with E-state index in [-0.39, 0.29) is 23.6 Å². The largest absolute Gasteiger partial charge is 0.299 e. The number of nitrogens with one attached hydrogen (secondary N) is 1. The molecule has 3 aromatic rings. The summed E-state index contributed by atoms with van der Waals surface area (Å²) < 4.78 is 27.3. The van der Waals surface area contributed by atoms with Gasteiger partial charge >= 0.3 is 0 Å². The molecular formula is C21H21N3O3S. The van der Waals surface area contributed by atoms with E-state index in [0.717, 1.165) is 16.7 Å². The minimum absolute atomic E-state index is 0.106. The smallest absolute Gasteiger partial charge is 0.240 e. The molecule has 1 N–H and O–H groups in total. The van der Waals surface area contributed by atoms with E-state index in [9.17, 15) is 13.2 Å². The number of carbonyl (C=O) groups excluding carboxylic acids is 1. The van der Waals surface area contributed by atoms with Gasteiger partial charge < -0.3 is 0 Å². The predicted octanol–water partition coefficient (Wildman–Crippen LogP) is 2.70. The molecule has 0 saturated carbocycles. The monoisotopic (exact) mass is 395 g/mol. The Morgan fingerprint density at radius 2 is 1.50 bits per heavy atom. The van der Waals surface area contributed by atoms with E-state index in [1.165, 1.54) is 12.1 Å². The molecule has 144 valence electrons. The fourth-order valence-corrected chi connectivity index (χ4v) is 3.71.